The van der Waals surface area contributed by atoms with E-state index in [9.17, 15) is 34.2 Å². The molecule has 1 aliphatic heterocycles. The van der Waals surface area contributed by atoms with Gasteiger partial charge >= 0.3 is 11.9 Å². The zero-order chi connectivity index (χ0) is 27.3. The monoisotopic (exact) mass is 515 g/mol. The maximum absolute atomic E-state index is 13.3. The lowest BCUT2D eigenvalue weighted by Gasteiger charge is -2.30. The number of carbonyl (C=O) groups is 5. The van der Waals surface area contributed by atoms with Gasteiger partial charge in [0.2, 0.25) is 17.7 Å². The van der Waals surface area contributed by atoms with Gasteiger partial charge in [-0.2, -0.15) is 0 Å². The summed E-state index contributed by atoms with van der Waals surface area (Å²) in [6, 6.07) is 2.90. The maximum Gasteiger partial charge on any atom is 0.326 e. The van der Waals surface area contributed by atoms with Crippen molar-refractivity contribution in [2.24, 2.45) is 11.7 Å². The van der Waals surface area contributed by atoms with E-state index in [0.29, 0.717) is 6.42 Å². The molecule has 4 unspecified atom stereocenters. The number of nitrogens with one attached hydrogen (secondary N) is 3. The first-order valence-corrected chi connectivity index (χ1v) is 12.2. The van der Waals surface area contributed by atoms with Crippen molar-refractivity contribution in [3.05, 3.63) is 36.0 Å². The minimum Gasteiger partial charge on any atom is -0.481 e. The molecule has 200 valence electrons. The van der Waals surface area contributed by atoms with E-state index >= 15 is 0 Å². The van der Waals surface area contributed by atoms with Gasteiger partial charge in [-0.3, -0.25) is 19.2 Å². The quantitative estimate of drug-likeness (QED) is 0.244. The van der Waals surface area contributed by atoms with Crippen molar-refractivity contribution in [3.8, 4) is 0 Å². The topological polar surface area (TPSA) is 195 Å². The van der Waals surface area contributed by atoms with Crippen LogP contribution in [0, 0.1) is 5.92 Å². The van der Waals surface area contributed by atoms with Crippen molar-refractivity contribution < 1.29 is 34.2 Å². The zero-order valence-corrected chi connectivity index (χ0v) is 20.8. The van der Waals surface area contributed by atoms with Crippen LogP contribution in [-0.2, 0) is 30.4 Å². The average Bonchev–Trinajstić information content (AvgIpc) is 3.48. The van der Waals surface area contributed by atoms with Crippen LogP contribution in [0.4, 0.5) is 0 Å². The highest BCUT2D eigenvalue weighted by Gasteiger charge is 2.40. The molecule has 1 aromatic carbocycles. The number of carbonyl (C=O) groups excluding carboxylic acids is 3. The predicted octanol–water partition coefficient (Wildman–Crippen LogP) is 0.214. The fourth-order valence-electron chi connectivity index (χ4n) is 4.55. The molecule has 0 aliphatic carbocycles. The highest BCUT2D eigenvalue weighted by molar-refractivity contribution is 5.96. The number of carboxylic acid groups (broad SMARTS) is 2. The first-order chi connectivity index (χ1) is 17.5. The van der Waals surface area contributed by atoms with E-state index < -0.39 is 60.2 Å². The molecular weight excluding hydrogens is 482 g/mol. The number of rotatable bonds is 11. The van der Waals surface area contributed by atoms with E-state index in [-0.39, 0.29) is 25.3 Å². The van der Waals surface area contributed by atoms with Gasteiger partial charge in [0, 0.05) is 23.6 Å². The van der Waals surface area contributed by atoms with Crippen LogP contribution in [-0.4, -0.2) is 80.5 Å². The van der Waals surface area contributed by atoms with Gasteiger partial charge in [-0.05, 0) is 36.8 Å². The summed E-state index contributed by atoms with van der Waals surface area (Å²) in [5.74, 6) is -4.96. The van der Waals surface area contributed by atoms with Crippen LogP contribution < -0.4 is 16.4 Å². The molecule has 0 radical (unpaired) electrons. The number of nitrogens with zero attached hydrogens (tertiary/aromatic N) is 1. The number of hydrogen-bond acceptors (Lipinski definition) is 6. The van der Waals surface area contributed by atoms with Gasteiger partial charge in [0.1, 0.15) is 18.1 Å². The van der Waals surface area contributed by atoms with Crippen molar-refractivity contribution in [2.75, 3.05) is 6.54 Å². The van der Waals surface area contributed by atoms with Crippen LogP contribution in [0.5, 0.6) is 0 Å². The van der Waals surface area contributed by atoms with Gasteiger partial charge in [-0.1, -0.05) is 32.0 Å². The van der Waals surface area contributed by atoms with E-state index in [1.165, 1.54) is 4.90 Å². The van der Waals surface area contributed by atoms with Crippen LogP contribution in [0.15, 0.2) is 30.5 Å². The second kappa shape index (κ2) is 11.9. The number of para-hydroxylation sites is 1. The fraction of sp³-hybridized carbons (Fsp3) is 0.480. The minimum absolute atomic E-state index is 0.157. The Labute approximate surface area is 213 Å². The smallest absolute Gasteiger partial charge is 0.326 e. The van der Waals surface area contributed by atoms with Gasteiger partial charge in [-0.15, -0.1) is 0 Å². The van der Waals surface area contributed by atoms with Crippen LogP contribution in [0.2, 0.25) is 0 Å². The summed E-state index contributed by atoms with van der Waals surface area (Å²) in [6.07, 6.45) is 1.96. The molecule has 2 heterocycles. The molecule has 3 rings (SSSR count). The predicted molar refractivity (Wildman–Crippen MR) is 133 cm³/mol. The number of carboxylic acids is 2. The number of likely N-dealkylation sites (tertiary alicyclic amines) is 1. The second-order valence-electron chi connectivity index (χ2n) is 9.59. The Morgan fingerprint density at radius 3 is 2.49 bits per heavy atom. The van der Waals surface area contributed by atoms with Crippen LogP contribution in [0.1, 0.15) is 38.7 Å². The number of benzene rings is 1. The Bertz CT molecular complexity index is 1180. The molecular formula is C25H33N5O7. The van der Waals surface area contributed by atoms with Crippen LogP contribution >= 0.6 is 0 Å². The molecule has 37 heavy (non-hydrogen) atoms. The number of aliphatic carboxylic acids is 2. The molecule has 1 saturated heterocycles. The molecule has 4 atom stereocenters. The standard InChI is InChI=1S/C25H33N5O7/c1-13(2)21(25(36)37)29-23(34)19-8-5-9-30(19)24(35)18(11-20(31)32)28-22(33)16(26)10-14-12-27-17-7-4-3-6-15(14)17/h3-4,6-7,12-13,16,18-19,21,27H,5,8-11,26H2,1-2H3,(H,28,33)(H,29,34)(H,31,32)(H,36,37). The molecule has 1 fully saturated rings. The third-order valence-electron chi connectivity index (χ3n) is 6.51. The van der Waals surface area contributed by atoms with Crippen molar-refractivity contribution >= 4 is 40.6 Å². The highest BCUT2D eigenvalue weighted by atomic mass is 16.4. The first kappa shape index (κ1) is 27.7. The fourth-order valence-corrected chi connectivity index (χ4v) is 4.55. The van der Waals surface area contributed by atoms with E-state index in [1.54, 1.807) is 20.0 Å². The molecule has 0 spiro atoms. The number of H-pyrrole nitrogens is 1. The summed E-state index contributed by atoms with van der Waals surface area (Å²) in [6.45, 7) is 3.47. The van der Waals surface area contributed by atoms with Crippen molar-refractivity contribution in [3.63, 3.8) is 0 Å². The van der Waals surface area contributed by atoms with E-state index in [2.05, 4.69) is 15.6 Å². The number of hydrogen-bond donors (Lipinski definition) is 6. The normalized spacial score (nSPS) is 17.8. The molecule has 1 aliphatic rings. The lowest BCUT2D eigenvalue weighted by atomic mass is 10.0. The minimum atomic E-state index is -1.44. The molecule has 1 aromatic heterocycles. The number of aromatic amines is 1. The van der Waals surface area contributed by atoms with Crippen molar-refractivity contribution in [2.45, 2.75) is 63.7 Å². The largest absolute Gasteiger partial charge is 0.481 e. The van der Waals surface area contributed by atoms with E-state index in [0.717, 1.165) is 16.5 Å². The summed E-state index contributed by atoms with van der Waals surface area (Å²) < 4.78 is 0. The molecule has 3 amide bonds. The van der Waals surface area contributed by atoms with Crippen molar-refractivity contribution in [1.29, 1.82) is 0 Å². The SMILES string of the molecule is CC(C)C(NC(=O)C1CCCN1C(=O)C(CC(=O)O)NC(=O)C(N)Cc1c[nH]c2ccccc12)C(=O)O. The van der Waals surface area contributed by atoms with Crippen LogP contribution in [0.3, 0.4) is 0 Å². The molecule has 2 aromatic rings. The number of aromatic nitrogens is 1. The van der Waals surface area contributed by atoms with Gasteiger partial charge in [-0.25, -0.2) is 4.79 Å². The summed E-state index contributed by atoms with van der Waals surface area (Å²) in [4.78, 5) is 66.3. The molecule has 12 heteroatoms. The van der Waals surface area contributed by atoms with Crippen LogP contribution in [0.25, 0.3) is 10.9 Å². The Kier molecular flexibility index (Phi) is 8.87. The van der Waals surface area contributed by atoms with Gasteiger partial charge < -0.3 is 36.5 Å². The van der Waals surface area contributed by atoms with Gasteiger partial charge in [0.25, 0.3) is 0 Å². The first-order valence-electron chi connectivity index (χ1n) is 12.2. The number of nitrogens with two attached hydrogens (primary N) is 1. The number of amides is 3. The maximum atomic E-state index is 13.3. The molecule has 7 N–H and O–H groups in total. The Morgan fingerprint density at radius 2 is 1.84 bits per heavy atom. The Balaban J connectivity index is 1.71. The van der Waals surface area contributed by atoms with E-state index in [1.807, 2.05) is 24.3 Å². The number of fused-ring (bicyclic) bond motifs is 1. The zero-order valence-electron chi connectivity index (χ0n) is 20.8. The van der Waals surface area contributed by atoms with E-state index in [4.69, 9.17) is 5.73 Å². The van der Waals surface area contributed by atoms with Gasteiger partial charge in [0.15, 0.2) is 0 Å². The lowest BCUT2D eigenvalue weighted by molar-refractivity contribution is -0.147. The third-order valence-corrected chi connectivity index (χ3v) is 6.51. The lowest BCUT2D eigenvalue weighted by Crippen LogP contribution is -2.57. The van der Waals surface area contributed by atoms with Gasteiger partial charge in [0.05, 0.1) is 12.5 Å². The summed E-state index contributed by atoms with van der Waals surface area (Å²) in [5.41, 5.74) is 7.78. The summed E-state index contributed by atoms with van der Waals surface area (Å²) >= 11 is 0. The second-order valence-corrected chi connectivity index (χ2v) is 9.59. The van der Waals surface area contributed by atoms with Crippen molar-refractivity contribution in [1.82, 2.24) is 20.5 Å². The Morgan fingerprint density at radius 1 is 1.14 bits per heavy atom. The molecule has 0 bridgehead atoms. The molecule has 12 nitrogen and oxygen atoms in total. The third kappa shape index (κ3) is 6.64. The summed E-state index contributed by atoms with van der Waals surface area (Å²) in [5, 5.41) is 24.6. The highest BCUT2D eigenvalue weighted by Crippen LogP contribution is 2.21. The Hall–Kier alpha value is -3.93. The average molecular weight is 516 g/mol. The summed E-state index contributed by atoms with van der Waals surface area (Å²) in [7, 11) is 0. The molecule has 0 saturated carbocycles.